The SMILES string of the molecule is OC/C(=C\c1cccc2c1oc1ccccc12)c1ccccc1I. The van der Waals surface area contributed by atoms with Crippen molar-refractivity contribution < 1.29 is 9.52 Å². The summed E-state index contributed by atoms with van der Waals surface area (Å²) in [7, 11) is 0. The number of furan rings is 1. The van der Waals surface area contributed by atoms with Crippen LogP contribution in [0.4, 0.5) is 0 Å². The molecule has 4 rings (SSSR count). The summed E-state index contributed by atoms with van der Waals surface area (Å²) in [4.78, 5) is 0. The highest BCUT2D eigenvalue weighted by molar-refractivity contribution is 14.1. The zero-order chi connectivity index (χ0) is 16.5. The van der Waals surface area contributed by atoms with Crippen LogP contribution in [0.2, 0.25) is 0 Å². The summed E-state index contributed by atoms with van der Waals surface area (Å²) in [6, 6.07) is 22.2. The fraction of sp³-hybridized carbons (Fsp3) is 0.0476. The first kappa shape index (κ1) is 15.4. The summed E-state index contributed by atoms with van der Waals surface area (Å²) in [6.45, 7) is -0.0172. The lowest BCUT2D eigenvalue weighted by Gasteiger charge is -2.07. The van der Waals surface area contributed by atoms with Gasteiger partial charge >= 0.3 is 0 Å². The van der Waals surface area contributed by atoms with E-state index in [2.05, 4.69) is 34.7 Å². The molecule has 0 aliphatic carbocycles. The highest BCUT2D eigenvalue weighted by Gasteiger charge is 2.11. The van der Waals surface area contributed by atoms with Crippen molar-refractivity contribution in [1.82, 2.24) is 0 Å². The minimum absolute atomic E-state index is 0.0172. The molecule has 0 saturated carbocycles. The zero-order valence-electron chi connectivity index (χ0n) is 12.9. The van der Waals surface area contributed by atoms with E-state index < -0.39 is 0 Å². The molecule has 0 aliphatic rings. The van der Waals surface area contributed by atoms with Gasteiger partial charge in [-0.05, 0) is 51.9 Å². The Bertz CT molecular complexity index is 1060. The summed E-state index contributed by atoms with van der Waals surface area (Å²) in [5, 5.41) is 12.1. The second-order valence-electron chi connectivity index (χ2n) is 5.63. The standard InChI is InChI=1S/C21H15IO2/c22-19-10-3-1-7-16(19)15(13-23)12-14-6-5-9-18-17-8-2-4-11-20(17)24-21(14)18/h1-12,23H,13H2/b15-12+. The summed E-state index contributed by atoms with van der Waals surface area (Å²) >= 11 is 2.30. The van der Waals surface area contributed by atoms with E-state index in [1.807, 2.05) is 60.7 Å². The van der Waals surface area contributed by atoms with Crippen molar-refractivity contribution in [2.24, 2.45) is 0 Å². The van der Waals surface area contributed by atoms with Crippen LogP contribution < -0.4 is 0 Å². The monoisotopic (exact) mass is 426 g/mol. The molecule has 0 atom stereocenters. The molecule has 1 N–H and O–H groups in total. The van der Waals surface area contributed by atoms with Crippen LogP contribution in [-0.4, -0.2) is 11.7 Å². The third-order valence-corrected chi connectivity index (χ3v) is 5.10. The second-order valence-corrected chi connectivity index (χ2v) is 6.79. The van der Waals surface area contributed by atoms with Gasteiger partial charge in [-0.15, -0.1) is 0 Å². The van der Waals surface area contributed by atoms with E-state index in [0.29, 0.717) is 0 Å². The molecular formula is C21H15IO2. The minimum atomic E-state index is -0.0172. The predicted molar refractivity (Wildman–Crippen MR) is 108 cm³/mol. The fourth-order valence-electron chi connectivity index (χ4n) is 3.00. The number of hydrogen-bond donors (Lipinski definition) is 1. The number of rotatable bonds is 3. The van der Waals surface area contributed by atoms with E-state index in [4.69, 9.17) is 4.42 Å². The van der Waals surface area contributed by atoms with E-state index >= 15 is 0 Å². The molecule has 2 nitrogen and oxygen atoms in total. The molecule has 1 aromatic heterocycles. The molecule has 0 unspecified atom stereocenters. The second kappa shape index (κ2) is 6.42. The van der Waals surface area contributed by atoms with Gasteiger partial charge in [-0.3, -0.25) is 0 Å². The summed E-state index contributed by atoms with van der Waals surface area (Å²) in [5.41, 5.74) is 4.65. The molecule has 0 bridgehead atoms. The number of aliphatic hydroxyl groups is 1. The topological polar surface area (TPSA) is 33.4 Å². The van der Waals surface area contributed by atoms with Crippen LogP contribution in [0.3, 0.4) is 0 Å². The maximum absolute atomic E-state index is 9.87. The minimum Gasteiger partial charge on any atom is -0.455 e. The lowest BCUT2D eigenvalue weighted by Crippen LogP contribution is -1.93. The van der Waals surface area contributed by atoms with Gasteiger partial charge in [0.15, 0.2) is 0 Å². The largest absolute Gasteiger partial charge is 0.455 e. The first-order chi connectivity index (χ1) is 11.8. The number of hydrogen-bond acceptors (Lipinski definition) is 2. The molecule has 0 amide bonds. The molecule has 0 saturated heterocycles. The van der Waals surface area contributed by atoms with E-state index in [1.54, 1.807) is 0 Å². The molecule has 4 aromatic rings. The van der Waals surface area contributed by atoms with Crippen LogP contribution >= 0.6 is 22.6 Å². The Labute approximate surface area is 153 Å². The number of halogens is 1. The first-order valence-electron chi connectivity index (χ1n) is 7.74. The number of fused-ring (bicyclic) bond motifs is 3. The van der Waals surface area contributed by atoms with Crippen molar-refractivity contribution in [1.29, 1.82) is 0 Å². The van der Waals surface area contributed by atoms with Crippen molar-refractivity contribution in [2.75, 3.05) is 6.61 Å². The van der Waals surface area contributed by atoms with Crippen molar-refractivity contribution >= 4 is 56.2 Å². The molecule has 3 aromatic carbocycles. The average molecular weight is 426 g/mol. The smallest absolute Gasteiger partial charge is 0.142 e. The third-order valence-electron chi connectivity index (χ3n) is 4.15. The average Bonchev–Trinajstić information content (AvgIpc) is 3.00. The van der Waals surface area contributed by atoms with Gasteiger partial charge in [-0.1, -0.05) is 54.6 Å². The Morgan fingerprint density at radius 2 is 1.67 bits per heavy atom. The van der Waals surface area contributed by atoms with Gasteiger partial charge < -0.3 is 9.52 Å². The van der Waals surface area contributed by atoms with Gasteiger partial charge in [0.2, 0.25) is 0 Å². The van der Waals surface area contributed by atoms with Crippen molar-refractivity contribution in [2.45, 2.75) is 0 Å². The van der Waals surface area contributed by atoms with Gasteiger partial charge in [-0.25, -0.2) is 0 Å². The molecule has 1 heterocycles. The van der Waals surface area contributed by atoms with E-state index in [9.17, 15) is 5.11 Å². The molecule has 0 fully saturated rings. The van der Waals surface area contributed by atoms with Crippen molar-refractivity contribution in [3.8, 4) is 0 Å². The Hall–Kier alpha value is -2.11. The third kappa shape index (κ3) is 2.64. The maximum atomic E-state index is 9.87. The van der Waals surface area contributed by atoms with Crippen LogP contribution in [0.5, 0.6) is 0 Å². The molecular weight excluding hydrogens is 411 g/mol. The van der Waals surface area contributed by atoms with Crippen LogP contribution in [-0.2, 0) is 0 Å². The van der Waals surface area contributed by atoms with Crippen molar-refractivity contribution in [3.63, 3.8) is 0 Å². The van der Waals surface area contributed by atoms with Crippen LogP contribution in [0.25, 0.3) is 33.6 Å². The molecule has 0 aliphatic heterocycles. The highest BCUT2D eigenvalue weighted by Crippen LogP contribution is 2.33. The number of benzene rings is 3. The lowest BCUT2D eigenvalue weighted by atomic mass is 10.0. The van der Waals surface area contributed by atoms with Crippen LogP contribution in [0.15, 0.2) is 71.1 Å². The van der Waals surface area contributed by atoms with Crippen LogP contribution in [0, 0.1) is 3.57 Å². The highest BCUT2D eigenvalue weighted by atomic mass is 127. The van der Waals surface area contributed by atoms with Crippen molar-refractivity contribution in [3.05, 3.63) is 81.4 Å². The normalized spacial score (nSPS) is 12.2. The maximum Gasteiger partial charge on any atom is 0.142 e. The zero-order valence-corrected chi connectivity index (χ0v) is 15.0. The number of para-hydroxylation sites is 2. The lowest BCUT2D eigenvalue weighted by molar-refractivity contribution is 0.350. The van der Waals surface area contributed by atoms with Gasteiger partial charge in [0.05, 0.1) is 6.61 Å². The molecule has 24 heavy (non-hydrogen) atoms. The van der Waals surface area contributed by atoms with E-state index in [-0.39, 0.29) is 6.61 Å². The first-order valence-corrected chi connectivity index (χ1v) is 8.82. The Morgan fingerprint density at radius 3 is 2.50 bits per heavy atom. The summed E-state index contributed by atoms with van der Waals surface area (Å²) < 4.78 is 7.18. The van der Waals surface area contributed by atoms with Gasteiger partial charge in [0, 0.05) is 19.9 Å². The van der Waals surface area contributed by atoms with E-state index in [0.717, 1.165) is 42.2 Å². The molecule has 0 spiro atoms. The Balaban J connectivity index is 1.94. The quantitative estimate of drug-likeness (QED) is 0.336. The Morgan fingerprint density at radius 1 is 0.917 bits per heavy atom. The fourth-order valence-corrected chi connectivity index (χ4v) is 3.73. The summed E-state index contributed by atoms with van der Waals surface area (Å²) in [5.74, 6) is 0. The summed E-state index contributed by atoms with van der Waals surface area (Å²) in [6.07, 6.45) is 2.02. The molecule has 3 heteroatoms. The van der Waals surface area contributed by atoms with E-state index in [1.165, 1.54) is 0 Å². The molecule has 0 radical (unpaired) electrons. The Kier molecular flexibility index (Phi) is 4.12. The van der Waals surface area contributed by atoms with Gasteiger partial charge in [0.25, 0.3) is 0 Å². The van der Waals surface area contributed by atoms with Gasteiger partial charge in [0.1, 0.15) is 11.2 Å². The van der Waals surface area contributed by atoms with Crippen LogP contribution in [0.1, 0.15) is 11.1 Å². The predicted octanol–water partition coefficient (Wildman–Crippen LogP) is 5.72. The van der Waals surface area contributed by atoms with Gasteiger partial charge in [-0.2, -0.15) is 0 Å². The number of aliphatic hydroxyl groups excluding tert-OH is 1. The molecule has 118 valence electrons.